The first-order valence-electron chi connectivity index (χ1n) is 6.27. The number of halogens is 3. The topological polar surface area (TPSA) is 35.8 Å². The van der Waals surface area contributed by atoms with E-state index in [1.54, 1.807) is 6.07 Å². The van der Waals surface area contributed by atoms with Crippen molar-refractivity contribution in [3.8, 4) is 6.07 Å². The number of nitriles is 1. The van der Waals surface area contributed by atoms with E-state index in [4.69, 9.17) is 5.26 Å². The molecule has 0 spiro atoms. The van der Waals surface area contributed by atoms with Crippen LogP contribution in [0, 0.1) is 23.2 Å². The van der Waals surface area contributed by atoms with E-state index in [-0.39, 0.29) is 5.56 Å². The molecular formula is C14H15F3N2. The number of alkyl halides is 3. The summed E-state index contributed by atoms with van der Waals surface area (Å²) in [6.45, 7) is 2.76. The van der Waals surface area contributed by atoms with Gasteiger partial charge in [0.15, 0.2) is 0 Å². The number of benzene rings is 1. The number of nitrogens with one attached hydrogen (secondary N) is 1. The van der Waals surface area contributed by atoms with Crippen molar-refractivity contribution in [2.45, 2.75) is 25.9 Å². The molecule has 2 rings (SSSR count). The van der Waals surface area contributed by atoms with E-state index in [1.807, 2.05) is 0 Å². The highest BCUT2D eigenvalue weighted by molar-refractivity contribution is 5.53. The third-order valence-corrected chi connectivity index (χ3v) is 3.50. The fourth-order valence-electron chi connectivity index (χ4n) is 2.10. The smallest absolute Gasteiger partial charge is 0.385 e. The number of anilines is 1. The van der Waals surface area contributed by atoms with Gasteiger partial charge in [-0.3, -0.25) is 0 Å². The third-order valence-electron chi connectivity index (χ3n) is 3.50. The summed E-state index contributed by atoms with van der Waals surface area (Å²) in [6.07, 6.45) is -2.07. The molecule has 1 aliphatic carbocycles. The zero-order valence-corrected chi connectivity index (χ0v) is 10.6. The second-order valence-corrected chi connectivity index (χ2v) is 5.07. The Hall–Kier alpha value is -1.70. The Morgan fingerprint density at radius 1 is 1.42 bits per heavy atom. The Bertz CT molecular complexity index is 498. The molecule has 0 heterocycles. The Labute approximate surface area is 110 Å². The Kier molecular flexibility index (Phi) is 3.70. The van der Waals surface area contributed by atoms with Gasteiger partial charge in [0.05, 0.1) is 17.2 Å². The number of hydrogen-bond acceptors (Lipinski definition) is 2. The van der Waals surface area contributed by atoms with Gasteiger partial charge in [-0.25, -0.2) is 0 Å². The Balaban J connectivity index is 2.11. The van der Waals surface area contributed by atoms with Crippen LogP contribution in [-0.2, 0) is 6.18 Å². The van der Waals surface area contributed by atoms with E-state index in [0.717, 1.165) is 6.07 Å². The lowest BCUT2D eigenvalue weighted by Gasteiger charge is -2.15. The van der Waals surface area contributed by atoms with Crippen LogP contribution in [0.25, 0.3) is 0 Å². The van der Waals surface area contributed by atoms with Crippen LogP contribution in [0.15, 0.2) is 18.2 Å². The molecule has 0 amide bonds. The normalized spacial score (nSPS) is 16.8. The highest BCUT2D eigenvalue weighted by Crippen LogP contribution is 2.37. The predicted molar refractivity (Wildman–Crippen MR) is 66.5 cm³/mol. The second-order valence-electron chi connectivity index (χ2n) is 5.07. The maximum Gasteiger partial charge on any atom is 0.417 e. The fourth-order valence-corrected chi connectivity index (χ4v) is 2.10. The van der Waals surface area contributed by atoms with Crippen LogP contribution in [0.3, 0.4) is 0 Å². The summed E-state index contributed by atoms with van der Waals surface area (Å²) in [5, 5.41) is 11.7. The van der Waals surface area contributed by atoms with Crippen molar-refractivity contribution in [1.29, 1.82) is 5.26 Å². The summed E-state index contributed by atoms with van der Waals surface area (Å²) in [6, 6.07) is 5.32. The van der Waals surface area contributed by atoms with Crippen LogP contribution >= 0.6 is 0 Å². The van der Waals surface area contributed by atoms with Gasteiger partial charge in [-0.2, -0.15) is 18.4 Å². The van der Waals surface area contributed by atoms with Crippen molar-refractivity contribution in [1.82, 2.24) is 0 Å². The van der Waals surface area contributed by atoms with Crippen LogP contribution in [0.5, 0.6) is 0 Å². The molecule has 0 bridgehead atoms. The first-order chi connectivity index (χ1) is 8.91. The van der Waals surface area contributed by atoms with E-state index in [0.29, 0.717) is 24.1 Å². The van der Waals surface area contributed by atoms with Gasteiger partial charge in [-0.05, 0) is 42.9 Å². The zero-order chi connectivity index (χ0) is 14.0. The first-order valence-corrected chi connectivity index (χ1v) is 6.27. The molecule has 0 aromatic heterocycles. The van der Waals surface area contributed by atoms with Gasteiger partial charge in [0.25, 0.3) is 0 Å². The van der Waals surface area contributed by atoms with Crippen molar-refractivity contribution >= 4 is 5.69 Å². The average Bonchev–Trinajstić information content (AvgIpc) is 3.18. The van der Waals surface area contributed by atoms with Crippen molar-refractivity contribution in [3.63, 3.8) is 0 Å². The van der Waals surface area contributed by atoms with E-state index in [9.17, 15) is 13.2 Å². The molecule has 1 saturated carbocycles. The summed E-state index contributed by atoms with van der Waals surface area (Å²) in [4.78, 5) is 0. The molecule has 2 nitrogen and oxygen atoms in total. The van der Waals surface area contributed by atoms with Crippen molar-refractivity contribution in [3.05, 3.63) is 29.3 Å². The van der Waals surface area contributed by atoms with Gasteiger partial charge in [0.1, 0.15) is 0 Å². The van der Waals surface area contributed by atoms with Crippen molar-refractivity contribution in [2.24, 2.45) is 11.8 Å². The van der Waals surface area contributed by atoms with Crippen LogP contribution in [0.4, 0.5) is 18.9 Å². The van der Waals surface area contributed by atoms with Gasteiger partial charge in [0.2, 0.25) is 0 Å². The number of hydrogen-bond donors (Lipinski definition) is 1. The summed E-state index contributed by atoms with van der Waals surface area (Å²) in [5.41, 5.74) is -0.800. The van der Waals surface area contributed by atoms with E-state index in [2.05, 4.69) is 12.2 Å². The standard InChI is InChI=1S/C14H15F3N2/c1-9(10-2-3-10)8-19-12-5-4-11(7-18)13(6-12)14(15,16)17/h4-6,9-10,19H,2-3,8H2,1H3. The SMILES string of the molecule is CC(CNc1ccc(C#N)c(C(F)(F)F)c1)C1CC1. The number of rotatable bonds is 4. The molecule has 0 saturated heterocycles. The lowest BCUT2D eigenvalue weighted by molar-refractivity contribution is -0.137. The van der Waals surface area contributed by atoms with Crippen LogP contribution in [0.2, 0.25) is 0 Å². The van der Waals surface area contributed by atoms with Gasteiger partial charge in [-0.1, -0.05) is 6.92 Å². The molecule has 1 aromatic rings. The van der Waals surface area contributed by atoms with Crippen LogP contribution < -0.4 is 5.32 Å². The molecule has 1 atom stereocenters. The molecule has 0 radical (unpaired) electrons. The molecule has 1 unspecified atom stereocenters. The highest BCUT2D eigenvalue weighted by atomic mass is 19.4. The van der Waals surface area contributed by atoms with E-state index < -0.39 is 11.7 Å². The Morgan fingerprint density at radius 3 is 2.63 bits per heavy atom. The fraction of sp³-hybridized carbons (Fsp3) is 0.500. The molecule has 102 valence electrons. The second kappa shape index (κ2) is 5.12. The van der Waals surface area contributed by atoms with E-state index >= 15 is 0 Å². The minimum atomic E-state index is -4.50. The quantitative estimate of drug-likeness (QED) is 0.894. The molecule has 1 N–H and O–H groups in total. The molecule has 0 aliphatic heterocycles. The average molecular weight is 268 g/mol. The lowest BCUT2D eigenvalue weighted by atomic mass is 10.1. The largest absolute Gasteiger partial charge is 0.417 e. The Morgan fingerprint density at radius 2 is 2.11 bits per heavy atom. The van der Waals surface area contributed by atoms with Crippen molar-refractivity contribution < 1.29 is 13.2 Å². The number of nitrogens with zero attached hydrogens (tertiary/aromatic N) is 1. The van der Waals surface area contributed by atoms with Gasteiger partial charge in [0, 0.05) is 12.2 Å². The summed E-state index contributed by atoms with van der Waals surface area (Å²) in [7, 11) is 0. The minimum Gasteiger partial charge on any atom is -0.385 e. The van der Waals surface area contributed by atoms with Gasteiger partial charge in [-0.15, -0.1) is 0 Å². The van der Waals surface area contributed by atoms with Crippen LogP contribution in [-0.4, -0.2) is 6.54 Å². The molecule has 1 aliphatic rings. The van der Waals surface area contributed by atoms with Crippen molar-refractivity contribution in [2.75, 3.05) is 11.9 Å². The summed E-state index contributed by atoms with van der Waals surface area (Å²) in [5.74, 6) is 1.16. The minimum absolute atomic E-state index is 0.340. The zero-order valence-electron chi connectivity index (χ0n) is 10.6. The first kappa shape index (κ1) is 13.7. The molecular weight excluding hydrogens is 253 g/mol. The molecule has 5 heteroatoms. The van der Waals surface area contributed by atoms with E-state index in [1.165, 1.54) is 25.0 Å². The van der Waals surface area contributed by atoms with Crippen LogP contribution in [0.1, 0.15) is 30.9 Å². The molecule has 19 heavy (non-hydrogen) atoms. The highest BCUT2D eigenvalue weighted by Gasteiger charge is 2.34. The predicted octanol–water partition coefficient (Wildman–Crippen LogP) is 4.04. The monoisotopic (exact) mass is 268 g/mol. The third kappa shape index (κ3) is 3.40. The molecule has 1 aromatic carbocycles. The maximum atomic E-state index is 12.8. The summed E-state index contributed by atoms with van der Waals surface area (Å²) < 4.78 is 38.3. The van der Waals surface area contributed by atoms with Gasteiger partial charge >= 0.3 is 6.18 Å². The maximum absolute atomic E-state index is 12.8. The molecule has 1 fully saturated rings. The lowest BCUT2D eigenvalue weighted by Crippen LogP contribution is -2.14. The summed E-state index contributed by atoms with van der Waals surface area (Å²) >= 11 is 0. The van der Waals surface area contributed by atoms with Gasteiger partial charge < -0.3 is 5.32 Å².